The molecule has 132 valence electrons. The number of piperazine rings is 1. The Balaban J connectivity index is 1.55. The summed E-state index contributed by atoms with van der Waals surface area (Å²) in [5.74, 6) is 0.328. The van der Waals surface area contributed by atoms with E-state index in [9.17, 15) is 4.79 Å². The molecule has 1 fully saturated rings. The molecule has 1 aromatic carbocycles. The van der Waals surface area contributed by atoms with Crippen molar-refractivity contribution in [2.75, 3.05) is 39.3 Å². The van der Waals surface area contributed by atoms with Gasteiger partial charge in [-0.2, -0.15) is 0 Å². The van der Waals surface area contributed by atoms with Crippen LogP contribution in [0.25, 0.3) is 0 Å². The van der Waals surface area contributed by atoms with Gasteiger partial charge in [0.25, 0.3) is 0 Å². The van der Waals surface area contributed by atoms with Gasteiger partial charge in [-0.15, -0.1) is 0 Å². The van der Waals surface area contributed by atoms with E-state index in [2.05, 4.69) is 41.4 Å². The van der Waals surface area contributed by atoms with Gasteiger partial charge in [-0.1, -0.05) is 31.2 Å². The van der Waals surface area contributed by atoms with Gasteiger partial charge in [0, 0.05) is 45.2 Å². The third kappa shape index (κ3) is 4.37. The zero-order valence-corrected chi connectivity index (χ0v) is 15.0. The number of nitrogens with zero attached hydrogens (tertiary/aromatic N) is 2. The molecule has 0 saturated carbocycles. The van der Waals surface area contributed by atoms with Crippen LogP contribution in [0.2, 0.25) is 0 Å². The molecule has 1 unspecified atom stereocenters. The highest BCUT2D eigenvalue weighted by Crippen LogP contribution is 2.24. The van der Waals surface area contributed by atoms with Crippen molar-refractivity contribution >= 4 is 5.91 Å². The number of amides is 1. The number of carbonyl (C=O) groups excluding carboxylic acids is 1. The van der Waals surface area contributed by atoms with Crippen molar-refractivity contribution in [1.29, 1.82) is 0 Å². The van der Waals surface area contributed by atoms with Crippen LogP contribution in [-0.2, 0) is 17.6 Å². The van der Waals surface area contributed by atoms with Gasteiger partial charge < -0.3 is 10.2 Å². The number of aryl methyl sites for hydroxylation is 1. The van der Waals surface area contributed by atoms with E-state index in [4.69, 9.17) is 0 Å². The third-order valence-electron chi connectivity index (χ3n) is 5.43. The lowest BCUT2D eigenvalue weighted by molar-refractivity contribution is -0.132. The molecule has 1 aromatic rings. The monoisotopic (exact) mass is 329 g/mol. The summed E-state index contributed by atoms with van der Waals surface area (Å²) in [6.45, 7) is 7.84. The minimum atomic E-state index is 0.328. The maximum atomic E-state index is 12.5. The smallest absolute Gasteiger partial charge is 0.223 e. The van der Waals surface area contributed by atoms with E-state index < -0.39 is 0 Å². The first-order valence-corrected chi connectivity index (χ1v) is 9.57. The van der Waals surface area contributed by atoms with E-state index in [1.165, 1.54) is 24.0 Å². The van der Waals surface area contributed by atoms with Crippen molar-refractivity contribution in [2.45, 2.75) is 45.1 Å². The van der Waals surface area contributed by atoms with Gasteiger partial charge in [0.15, 0.2) is 0 Å². The molecule has 0 aromatic heterocycles. The van der Waals surface area contributed by atoms with Crippen molar-refractivity contribution in [3.8, 4) is 0 Å². The Labute approximate surface area is 146 Å². The Morgan fingerprint density at radius 1 is 1.21 bits per heavy atom. The molecule has 1 aliphatic heterocycles. The zero-order chi connectivity index (χ0) is 16.8. The van der Waals surface area contributed by atoms with Crippen molar-refractivity contribution in [1.82, 2.24) is 15.1 Å². The molecule has 0 radical (unpaired) electrons. The fourth-order valence-corrected chi connectivity index (χ4v) is 4.07. The number of fused-ring (bicyclic) bond motifs is 1. The highest BCUT2D eigenvalue weighted by molar-refractivity contribution is 5.76. The summed E-state index contributed by atoms with van der Waals surface area (Å²) in [6.07, 6.45) is 5.35. The van der Waals surface area contributed by atoms with Crippen molar-refractivity contribution in [3.63, 3.8) is 0 Å². The molecule has 0 bridgehead atoms. The minimum Gasteiger partial charge on any atom is -0.340 e. The molecule has 0 spiro atoms. The van der Waals surface area contributed by atoms with Gasteiger partial charge in [-0.25, -0.2) is 0 Å². The largest absolute Gasteiger partial charge is 0.340 e. The average Bonchev–Trinajstić information content (AvgIpc) is 2.65. The van der Waals surface area contributed by atoms with Gasteiger partial charge >= 0.3 is 0 Å². The second-order valence-corrected chi connectivity index (χ2v) is 7.08. The number of hydrogen-bond acceptors (Lipinski definition) is 3. The summed E-state index contributed by atoms with van der Waals surface area (Å²) in [6, 6.07) is 9.44. The van der Waals surface area contributed by atoms with Crippen LogP contribution in [0, 0.1) is 0 Å². The number of nitrogens with one attached hydrogen (secondary N) is 1. The number of carbonyl (C=O) groups is 1. The molecule has 1 amide bonds. The molecule has 1 heterocycles. The van der Waals surface area contributed by atoms with Crippen molar-refractivity contribution in [3.05, 3.63) is 35.4 Å². The summed E-state index contributed by atoms with van der Waals surface area (Å²) in [5.41, 5.74) is 3.02. The summed E-state index contributed by atoms with van der Waals surface area (Å²) < 4.78 is 0. The molecule has 1 atom stereocenters. The van der Waals surface area contributed by atoms with Crippen LogP contribution in [0.15, 0.2) is 24.3 Å². The Hall–Kier alpha value is -1.39. The fourth-order valence-electron chi connectivity index (χ4n) is 4.07. The molecular weight excluding hydrogens is 298 g/mol. The van der Waals surface area contributed by atoms with Crippen molar-refractivity contribution in [2.24, 2.45) is 0 Å². The Morgan fingerprint density at radius 3 is 2.71 bits per heavy atom. The fraction of sp³-hybridized carbons (Fsp3) is 0.650. The quantitative estimate of drug-likeness (QED) is 0.868. The summed E-state index contributed by atoms with van der Waals surface area (Å²) in [7, 11) is 0. The molecule has 2 aliphatic rings. The Bertz CT molecular complexity index is 539. The molecule has 1 aliphatic carbocycles. The van der Waals surface area contributed by atoms with E-state index in [1.54, 1.807) is 0 Å². The topological polar surface area (TPSA) is 35.6 Å². The predicted octanol–water partition coefficient (Wildman–Crippen LogP) is 2.08. The minimum absolute atomic E-state index is 0.328. The first-order valence-electron chi connectivity index (χ1n) is 9.57. The first kappa shape index (κ1) is 17.4. The maximum Gasteiger partial charge on any atom is 0.223 e. The summed E-state index contributed by atoms with van der Waals surface area (Å²) in [5, 5.41) is 3.31. The van der Waals surface area contributed by atoms with Crippen LogP contribution in [0.5, 0.6) is 0 Å². The first-order chi connectivity index (χ1) is 11.8. The SMILES string of the molecule is CCCN(CCC(=O)N1CCNCC1)C1CCc2ccccc2C1. The van der Waals surface area contributed by atoms with Crippen LogP contribution < -0.4 is 5.32 Å². The van der Waals surface area contributed by atoms with Crippen LogP contribution in [-0.4, -0.2) is 61.0 Å². The van der Waals surface area contributed by atoms with Crippen LogP contribution in [0.4, 0.5) is 0 Å². The average molecular weight is 329 g/mol. The molecule has 4 nitrogen and oxygen atoms in total. The van der Waals surface area contributed by atoms with Gasteiger partial charge in [0.05, 0.1) is 0 Å². The highest BCUT2D eigenvalue weighted by atomic mass is 16.2. The lowest BCUT2D eigenvalue weighted by Gasteiger charge is -2.36. The molecule has 24 heavy (non-hydrogen) atoms. The number of hydrogen-bond donors (Lipinski definition) is 1. The zero-order valence-electron chi connectivity index (χ0n) is 15.0. The van der Waals surface area contributed by atoms with E-state index >= 15 is 0 Å². The standard InChI is InChI=1S/C20H31N3O/c1-2-12-22(13-9-20(24)23-14-10-21-11-15-23)19-8-7-17-5-3-4-6-18(17)16-19/h3-6,19,21H,2,7-16H2,1H3. The number of rotatable bonds is 6. The van der Waals surface area contributed by atoms with E-state index in [0.717, 1.165) is 52.1 Å². The molecule has 1 saturated heterocycles. The van der Waals surface area contributed by atoms with Crippen LogP contribution in [0.1, 0.15) is 37.3 Å². The molecule has 3 rings (SSSR count). The Kier molecular flexibility index (Phi) is 6.27. The summed E-state index contributed by atoms with van der Waals surface area (Å²) >= 11 is 0. The Morgan fingerprint density at radius 2 is 1.96 bits per heavy atom. The number of benzene rings is 1. The maximum absolute atomic E-state index is 12.5. The molecule has 4 heteroatoms. The molecule has 1 N–H and O–H groups in total. The lowest BCUT2D eigenvalue weighted by Crippen LogP contribution is -2.48. The van der Waals surface area contributed by atoms with E-state index in [0.29, 0.717) is 18.4 Å². The van der Waals surface area contributed by atoms with Gasteiger partial charge in [0.2, 0.25) is 5.91 Å². The lowest BCUT2D eigenvalue weighted by atomic mass is 9.87. The van der Waals surface area contributed by atoms with Gasteiger partial charge in [-0.05, 0) is 43.4 Å². The van der Waals surface area contributed by atoms with Crippen LogP contribution >= 0.6 is 0 Å². The van der Waals surface area contributed by atoms with Crippen molar-refractivity contribution < 1.29 is 4.79 Å². The molecular formula is C20H31N3O. The van der Waals surface area contributed by atoms with Crippen LogP contribution in [0.3, 0.4) is 0 Å². The van der Waals surface area contributed by atoms with E-state index in [-0.39, 0.29) is 0 Å². The second kappa shape index (κ2) is 8.63. The second-order valence-electron chi connectivity index (χ2n) is 7.08. The normalized spacial score (nSPS) is 20.9. The van der Waals surface area contributed by atoms with E-state index in [1.807, 2.05) is 4.90 Å². The van der Waals surface area contributed by atoms with Gasteiger partial charge in [-0.3, -0.25) is 9.69 Å². The highest BCUT2D eigenvalue weighted by Gasteiger charge is 2.25. The third-order valence-corrected chi connectivity index (χ3v) is 5.43. The predicted molar refractivity (Wildman–Crippen MR) is 98.2 cm³/mol. The van der Waals surface area contributed by atoms with Gasteiger partial charge in [0.1, 0.15) is 0 Å². The summed E-state index contributed by atoms with van der Waals surface area (Å²) in [4.78, 5) is 17.0.